The number of rotatable bonds is 2. The standard InChI is InChI=1S/C5H10N.2C4H8N2O2.C3H4N.Co/c1-2-4-6-5-3-1;2*1-3(5-7)4(2)6-8;1-2-3-4;/h1-5H2;2*7-8H,1-2H3;2H,1H3;/q-1;;;-1;+2/b;2*5-3+,6-4+;;. The van der Waals surface area contributed by atoms with Crippen LogP contribution in [0.15, 0.2) is 20.6 Å². The third-order valence-corrected chi connectivity index (χ3v) is 2.91. The van der Waals surface area contributed by atoms with Crippen LogP contribution in [-0.2, 0) is 16.8 Å². The van der Waals surface area contributed by atoms with Gasteiger partial charge >= 0.3 is 16.8 Å². The SMILES string of the molecule is C1CC[N-]CC1.CC(=N\O)/C(C)=N/O.CC(=N\O)/C(C)=N/O.C[CH-]C#N.[Co+2]. The van der Waals surface area contributed by atoms with Gasteiger partial charge in [0.1, 0.15) is 22.8 Å². The molecule has 0 spiro atoms. The average Bonchev–Trinajstić information content (AvgIpc) is 2.73. The summed E-state index contributed by atoms with van der Waals surface area (Å²) < 4.78 is 0. The largest absolute Gasteiger partial charge is 2.00 e. The summed E-state index contributed by atoms with van der Waals surface area (Å²) in [6, 6.07) is 1.81. The molecule has 11 heteroatoms. The van der Waals surface area contributed by atoms with Crippen molar-refractivity contribution in [3.63, 3.8) is 0 Å². The molecule has 0 saturated carbocycles. The van der Waals surface area contributed by atoms with Gasteiger partial charge in [0.2, 0.25) is 0 Å². The Kier molecular flexibility index (Phi) is 31.1. The molecule has 0 atom stereocenters. The molecule has 1 saturated heterocycles. The first-order valence-electron chi connectivity index (χ1n) is 7.92. The van der Waals surface area contributed by atoms with E-state index in [4.69, 9.17) is 26.1 Å². The normalized spacial score (nSPS) is 14.4. The van der Waals surface area contributed by atoms with E-state index in [0.29, 0.717) is 22.8 Å². The summed E-state index contributed by atoms with van der Waals surface area (Å²) in [4.78, 5) is 0. The van der Waals surface area contributed by atoms with Gasteiger partial charge in [0.15, 0.2) is 0 Å². The monoisotopic (exact) mass is 429 g/mol. The molecule has 1 aliphatic heterocycles. The molecule has 4 N–H and O–H groups in total. The molecule has 1 radical (unpaired) electrons. The first-order valence-corrected chi connectivity index (χ1v) is 7.92. The first-order chi connectivity index (χ1) is 12.4. The molecule has 0 aromatic carbocycles. The van der Waals surface area contributed by atoms with Gasteiger partial charge in [-0.3, -0.25) is 6.42 Å². The van der Waals surface area contributed by atoms with Gasteiger partial charge in [-0.1, -0.05) is 39.9 Å². The molecule has 1 fully saturated rings. The Balaban J connectivity index is -0.000000133. The number of hydrogen-bond acceptors (Lipinski definition) is 9. The van der Waals surface area contributed by atoms with Crippen LogP contribution in [0.25, 0.3) is 5.32 Å². The van der Waals surface area contributed by atoms with E-state index in [1.165, 1.54) is 53.4 Å². The van der Waals surface area contributed by atoms with Crippen LogP contribution in [0.2, 0.25) is 0 Å². The van der Waals surface area contributed by atoms with E-state index >= 15 is 0 Å². The maximum Gasteiger partial charge on any atom is 2.00 e. The number of nitrogens with zero attached hydrogens (tertiary/aromatic N) is 6. The number of piperidine rings is 1. The van der Waals surface area contributed by atoms with Gasteiger partial charge in [-0.25, -0.2) is 5.26 Å². The second-order valence-corrected chi connectivity index (χ2v) is 4.89. The van der Waals surface area contributed by atoms with Gasteiger partial charge in [0.05, 0.1) is 0 Å². The van der Waals surface area contributed by atoms with Crippen molar-refractivity contribution in [1.29, 1.82) is 5.26 Å². The molecule has 157 valence electrons. The molecule has 1 heterocycles. The Bertz CT molecular complexity index is 422. The Labute approximate surface area is 171 Å². The van der Waals surface area contributed by atoms with Crippen LogP contribution < -0.4 is 0 Å². The average molecular weight is 429 g/mol. The van der Waals surface area contributed by atoms with Gasteiger partial charge in [-0.2, -0.15) is 6.92 Å². The van der Waals surface area contributed by atoms with Crippen molar-refractivity contribution in [3.8, 4) is 6.07 Å². The molecule has 1 aliphatic rings. The van der Waals surface area contributed by atoms with E-state index in [2.05, 4.69) is 25.9 Å². The quantitative estimate of drug-likeness (QED) is 0.227. The summed E-state index contributed by atoms with van der Waals surface area (Å²) in [5.41, 5.74) is 1.25. The van der Waals surface area contributed by atoms with E-state index in [0.717, 1.165) is 13.1 Å². The summed E-state index contributed by atoms with van der Waals surface area (Å²) in [6.45, 7) is 10.1. The molecular weight excluding hydrogens is 399 g/mol. The summed E-state index contributed by atoms with van der Waals surface area (Å²) in [5.74, 6) is 0. The Morgan fingerprint density at radius 2 is 1.04 bits per heavy atom. The Hall–Kier alpha value is -2.29. The molecule has 1 rings (SSSR count). The molecule has 0 unspecified atom stereocenters. The van der Waals surface area contributed by atoms with Crippen molar-refractivity contribution >= 4 is 22.8 Å². The number of hydrogen-bond donors (Lipinski definition) is 4. The molecule has 27 heavy (non-hydrogen) atoms. The maximum absolute atomic E-state index is 8.03. The first kappa shape index (κ1) is 32.4. The fourth-order valence-electron chi connectivity index (χ4n) is 1.03. The van der Waals surface area contributed by atoms with Crippen LogP contribution in [0.1, 0.15) is 53.9 Å². The minimum atomic E-state index is 0. The number of oxime groups is 4. The molecule has 0 bridgehead atoms. The van der Waals surface area contributed by atoms with Crippen molar-refractivity contribution in [2.24, 2.45) is 20.6 Å². The van der Waals surface area contributed by atoms with E-state index in [9.17, 15) is 0 Å². The van der Waals surface area contributed by atoms with Crippen molar-refractivity contribution in [1.82, 2.24) is 0 Å². The summed E-state index contributed by atoms with van der Waals surface area (Å²) in [5, 5.41) is 55.0. The van der Waals surface area contributed by atoms with Crippen molar-refractivity contribution in [2.75, 3.05) is 13.1 Å². The van der Waals surface area contributed by atoms with Gasteiger partial charge in [0, 0.05) is 0 Å². The van der Waals surface area contributed by atoms with Crippen molar-refractivity contribution in [2.45, 2.75) is 53.9 Å². The predicted octanol–water partition coefficient (Wildman–Crippen LogP) is 3.65. The van der Waals surface area contributed by atoms with Crippen molar-refractivity contribution < 1.29 is 37.6 Å². The Morgan fingerprint density at radius 1 is 0.778 bits per heavy atom. The third-order valence-electron chi connectivity index (χ3n) is 2.91. The third kappa shape index (κ3) is 26.1. The topological polar surface area (TPSA) is 168 Å². The molecule has 0 amide bonds. The molecule has 0 aromatic rings. The van der Waals surface area contributed by atoms with Crippen LogP contribution in [-0.4, -0.2) is 56.8 Å². The smallest absolute Gasteiger partial charge is 0.662 e. The zero-order chi connectivity index (χ0) is 20.8. The maximum atomic E-state index is 8.03. The van der Waals surface area contributed by atoms with Gasteiger partial charge in [0.25, 0.3) is 0 Å². The van der Waals surface area contributed by atoms with Crippen LogP contribution in [0.3, 0.4) is 0 Å². The second-order valence-electron chi connectivity index (χ2n) is 4.89. The van der Waals surface area contributed by atoms with E-state index in [-0.39, 0.29) is 16.8 Å². The zero-order valence-electron chi connectivity index (χ0n) is 16.4. The van der Waals surface area contributed by atoms with Gasteiger partial charge in [-0.15, -0.1) is 19.2 Å². The zero-order valence-corrected chi connectivity index (χ0v) is 17.5. The van der Waals surface area contributed by atoms with Gasteiger partial charge < -0.3 is 26.1 Å². The second kappa shape index (κ2) is 25.9. The van der Waals surface area contributed by atoms with Crippen molar-refractivity contribution in [3.05, 3.63) is 11.7 Å². The molecule has 10 nitrogen and oxygen atoms in total. The van der Waals surface area contributed by atoms with E-state index in [1.807, 2.05) is 0 Å². The fraction of sp³-hybridized carbons (Fsp3) is 0.625. The van der Waals surface area contributed by atoms with E-state index in [1.54, 1.807) is 13.0 Å². The Morgan fingerprint density at radius 3 is 1.11 bits per heavy atom. The fourth-order valence-corrected chi connectivity index (χ4v) is 1.03. The van der Waals surface area contributed by atoms with Crippen LogP contribution in [0, 0.1) is 17.8 Å². The summed E-state index contributed by atoms with van der Waals surface area (Å²) in [6.07, 6.45) is 5.50. The van der Waals surface area contributed by atoms with Crippen LogP contribution in [0.5, 0.6) is 0 Å². The molecular formula is C16H30CoN6O4. The summed E-state index contributed by atoms with van der Waals surface area (Å²) >= 11 is 0. The van der Waals surface area contributed by atoms with Crippen LogP contribution in [0.4, 0.5) is 0 Å². The minimum Gasteiger partial charge on any atom is -0.662 e. The summed E-state index contributed by atoms with van der Waals surface area (Å²) in [7, 11) is 0. The molecule has 0 aliphatic carbocycles. The van der Waals surface area contributed by atoms with E-state index < -0.39 is 0 Å². The predicted molar refractivity (Wildman–Crippen MR) is 102 cm³/mol. The van der Waals surface area contributed by atoms with Gasteiger partial charge in [-0.05, 0) is 27.7 Å². The van der Waals surface area contributed by atoms with Crippen LogP contribution >= 0.6 is 0 Å². The minimum absolute atomic E-state index is 0. The number of nitriles is 1. The molecule has 0 aromatic heterocycles.